The number of unbranched alkanes of at least 4 members (excludes halogenated alkanes) is 3. The first kappa shape index (κ1) is 34.7. The highest BCUT2D eigenvalue weighted by Crippen LogP contribution is 2.66. The molecule has 2 aliphatic heterocycles. The summed E-state index contributed by atoms with van der Waals surface area (Å²) in [6, 6.07) is 19.4. The van der Waals surface area contributed by atoms with Crippen molar-refractivity contribution < 1.29 is 33.1 Å². The van der Waals surface area contributed by atoms with Crippen molar-refractivity contribution in [3.05, 3.63) is 71.8 Å². The van der Waals surface area contributed by atoms with Crippen LogP contribution in [0, 0.1) is 17.3 Å². The van der Waals surface area contributed by atoms with Crippen molar-refractivity contribution in [3.8, 4) is 0 Å². The van der Waals surface area contributed by atoms with Crippen molar-refractivity contribution in [1.29, 1.82) is 0 Å². The van der Waals surface area contributed by atoms with E-state index in [1.807, 2.05) is 74.5 Å². The minimum atomic E-state index is -1.69. The van der Waals surface area contributed by atoms with E-state index in [0.29, 0.717) is 48.5 Å². The Morgan fingerprint density at radius 2 is 1.38 bits per heavy atom. The molecular formula is C41H56NO6+. The molecule has 260 valence electrons. The number of carbonyl (C=O) groups is 3. The maximum Gasteiger partial charge on any atom is 0.360 e. The summed E-state index contributed by atoms with van der Waals surface area (Å²) in [7, 11) is 0. The smallest absolute Gasteiger partial charge is 0.360 e. The Hall–Kier alpha value is -3.19. The van der Waals surface area contributed by atoms with Gasteiger partial charge in [-0.3, -0.25) is 9.59 Å². The summed E-state index contributed by atoms with van der Waals surface area (Å²) < 4.78 is 19.6. The van der Waals surface area contributed by atoms with E-state index in [4.69, 9.17) is 14.2 Å². The lowest BCUT2D eigenvalue weighted by atomic mass is 9.43. The lowest BCUT2D eigenvalue weighted by Gasteiger charge is -2.69. The van der Waals surface area contributed by atoms with Crippen molar-refractivity contribution in [2.24, 2.45) is 17.3 Å². The highest BCUT2D eigenvalue weighted by Gasteiger charge is 2.72. The van der Waals surface area contributed by atoms with E-state index in [2.05, 4.69) is 0 Å². The van der Waals surface area contributed by atoms with Gasteiger partial charge >= 0.3 is 17.9 Å². The van der Waals surface area contributed by atoms with Crippen LogP contribution in [0.4, 0.5) is 0 Å². The van der Waals surface area contributed by atoms with Crippen LogP contribution in [0.15, 0.2) is 60.7 Å². The van der Waals surface area contributed by atoms with Crippen LogP contribution in [0.25, 0.3) is 0 Å². The van der Waals surface area contributed by atoms with Crippen LogP contribution in [-0.4, -0.2) is 60.8 Å². The van der Waals surface area contributed by atoms with Gasteiger partial charge in [0.15, 0.2) is 0 Å². The number of carbonyl (C=O) groups excluding carboxylic acids is 3. The van der Waals surface area contributed by atoms with E-state index >= 15 is 0 Å². The molecule has 4 aliphatic rings. The highest BCUT2D eigenvalue weighted by molar-refractivity contribution is 5.89. The third-order valence-corrected chi connectivity index (χ3v) is 12.1. The molecule has 4 fully saturated rings. The fraction of sp³-hybridized carbons (Fsp3) is 0.634. The van der Waals surface area contributed by atoms with Crippen LogP contribution >= 0.6 is 0 Å². The van der Waals surface area contributed by atoms with Crippen LogP contribution in [0.2, 0.25) is 0 Å². The van der Waals surface area contributed by atoms with Gasteiger partial charge in [0.1, 0.15) is 12.1 Å². The molecule has 2 aromatic carbocycles. The molecule has 48 heavy (non-hydrogen) atoms. The number of hydrogen-bond acceptors (Lipinski definition) is 6. The third kappa shape index (κ3) is 6.81. The van der Waals surface area contributed by atoms with E-state index < -0.39 is 17.5 Å². The van der Waals surface area contributed by atoms with Gasteiger partial charge < -0.3 is 18.7 Å². The Bertz CT molecular complexity index is 1350. The maximum absolute atomic E-state index is 14.8. The van der Waals surface area contributed by atoms with Gasteiger partial charge in [-0.2, -0.15) is 0 Å². The Morgan fingerprint density at radius 3 is 1.94 bits per heavy atom. The topological polar surface area (TPSA) is 78.9 Å². The molecule has 4 unspecified atom stereocenters. The monoisotopic (exact) mass is 658 g/mol. The zero-order valence-electron chi connectivity index (χ0n) is 29.2. The van der Waals surface area contributed by atoms with Gasteiger partial charge in [-0.1, -0.05) is 87.4 Å². The molecule has 2 heterocycles. The first-order chi connectivity index (χ1) is 23.3. The van der Waals surface area contributed by atoms with Gasteiger partial charge in [0, 0.05) is 43.2 Å². The van der Waals surface area contributed by atoms with E-state index in [0.717, 1.165) is 32.1 Å². The SMILES string of the molecule is CC(C)COC(=O)CCCCCCC(=O)OC(C(=O)OC1CC2C13CCC3CCCC[N+]21CCCC1)(c1ccccc1)c1ccccc1. The van der Waals surface area contributed by atoms with E-state index in [-0.39, 0.29) is 23.9 Å². The normalized spacial score (nSPS) is 25.9. The number of fused-ring (bicyclic) bond motifs is 1. The minimum Gasteiger partial charge on any atom is -0.465 e. The average molecular weight is 659 g/mol. The highest BCUT2D eigenvalue weighted by atomic mass is 16.6. The fourth-order valence-corrected chi connectivity index (χ4v) is 9.58. The third-order valence-electron chi connectivity index (χ3n) is 12.1. The summed E-state index contributed by atoms with van der Waals surface area (Å²) >= 11 is 0. The zero-order valence-corrected chi connectivity index (χ0v) is 29.2. The van der Waals surface area contributed by atoms with E-state index in [1.54, 1.807) is 0 Å². The number of esters is 3. The van der Waals surface area contributed by atoms with Crippen LogP contribution < -0.4 is 0 Å². The first-order valence-corrected chi connectivity index (χ1v) is 18.9. The average Bonchev–Trinajstić information content (AvgIpc) is 3.55. The Balaban J connectivity index is 1.18. The first-order valence-electron chi connectivity index (χ1n) is 18.9. The van der Waals surface area contributed by atoms with Crippen molar-refractivity contribution in [2.45, 2.75) is 121 Å². The minimum absolute atomic E-state index is 0.0464. The Morgan fingerprint density at radius 1 is 0.792 bits per heavy atom. The summed E-state index contributed by atoms with van der Waals surface area (Å²) in [6.45, 7) is 8.27. The van der Waals surface area contributed by atoms with E-state index in [1.165, 1.54) is 62.6 Å². The van der Waals surface area contributed by atoms with Crippen molar-refractivity contribution in [2.75, 3.05) is 26.2 Å². The Labute approximate surface area is 287 Å². The summed E-state index contributed by atoms with van der Waals surface area (Å²) in [5.41, 5.74) is -0.435. The molecule has 7 heteroatoms. The second-order valence-electron chi connectivity index (χ2n) is 15.5. The van der Waals surface area contributed by atoms with Gasteiger partial charge in [0.05, 0.1) is 31.7 Å². The molecule has 2 aromatic rings. The molecule has 2 saturated heterocycles. The quantitative estimate of drug-likeness (QED) is 0.0889. The zero-order chi connectivity index (χ0) is 33.6. The maximum atomic E-state index is 14.8. The lowest BCUT2D eigenvalue weighted by Crippen LogP contribution is -2.77. The van der Waals surface area contributed by atoms with Crippen LogP contribution in [-0.2, 0) is 34.2 Å². The second kappa shape index (κ2) is 15.1. The lowest BCUT2D eigenvalue weighted by molar-refractivity contribution is -0.959. The largest absolute Gasteiger partial charge is 0.465 e. The standard InChI is InChI=1S/C41H56NO6/c1-31(2)30-46-37(43)22-11-3-4-12-23-38(44)48-41(33-18-7-5-8-19-33,34-20-9-6-10-21-34)39(45)47-36-29-35-40(36)25-24-32(40)17-13-14-26-42(35)27-15-16-28-42/h5-10,18-21,31-32,35-36H,3-4,11-17,22-30H2,1-2H3/q+1. The van der Waals surface area contributed by atoms with Gasteiger partial charge in [-0.05, 0) is 56.8 Å². The van der Waals surface area contributed by atoms with Crippen molar-refractivity contribution in [1.82, 2.24) is 0 Å². The number of ether oxygens (including phenoxy) is 3. The number of benzene rings is 2. The van der Waals surface area contributed by atoms with Gasteiger partial charge in [-0.15, -0.1) is 0 Å². The number of nitrogens with zero attached hydrogens (tertiary/aromatic N) is 1. The Kier molecular flexibility index (Phi) is 10.9. The summed E-state index contributed by atoms with van der Waals surface area (Å²) in [4.78, 5) is 40.5. The summed E-state index contributed by atoms with van der Waals surface area (Å²) in [5.74, 6) is -0.144. The molecule has 2 saturated carbocycles. The predicted octanol–water partition coefficient (Wildman–Crippen LogP) is 7.89. The molecule has 7 nitrogen and oxygen atoms in total. The predicted molar refractivity (Wildman–Crippen MR) is 185 cm³/mol. The summed E-state index contributed by atoms with van der Waals surface area (Å²) in [5, 5.41) is 0. The molecule has 0 radical (unpaired) electrons. The van der Waals surface area contributed by atoms with Crippen LogP contribution in [0.1, 0.15) is 115 Å². The molecular weight excluding hydrogens is 602 g/mol. The molecule has 0 aromatic heterocycles. The molecule has 6 rings (SSSR count). The molecule has 2 spiro atoms. The van der Waals surface area contributed by atoms with Crippen LogP contribution in [0.3, 0.4) is 0 Å². The molecule has 0 N–H and O–H groups in total. The van der Waals surface area contributed by atoms with Crippen LogP contribution in [0.5, 0.6) is 0 Å². The van der Waals surface area contributed by atoms with Crippen molar-refractivity contribution in [3.63, 3.8) is 0 Å². The summed E-state index contributed by atoms with van der Waals surface area (Å²) in [6.07, 6.45) is 13.0. The molecule has 4 atom stereocenters. The number of hydrogen-bond donors (Lipinski definition) is 0. The second-order valence-corrected chi connectivity index (χ2v) is 15.5. The van der Waals surface area contributed by atoms with Gasteiger partial charge in [-0.25, -0.2) is 4.79 Å². The fourth-order valence-electron chi connectivity index (χ4n) is 9.58. The van der Waals surface area contributed by atoms with Gasteiger partial charge in [0.2, 0.25) is 0 Å². The molecule has 0 amide bonds. The molecule has 0 bridgehead atoms. The van der Waals surface area contributed by atoms with Crippen molar-refractivity contribution >= 4 is 17.9 Å². The van der Waals surface area contributed by atoms with Gasteiger partial charge in [0.25, 0.3) is 5.60 Å². The van der Waals surface area contributed by atoms with E-state index in [9.17, 15) is 14.4 Å². The number of quaternary nitrogens is 1. The molecule has 2 aliphatic carbocycles. The number of rotatable bonds is 14.